The van der Waals surface area contributed by atoms with Crippen LogP contribution in [0, 0.1) is 6.92 Å². The normalized spacial score (nSPS) is 11.2. The minimum atomic E-state index is -3.60. The Balaban J connectivity index is 1.82. The molecule has 4 nitrogen and oxygen atoms in total. The Morgan fingerprint density at radius 1 is 0.833 bits per heavy atom. The van der Waals surface area contributed by atoms with Gasteiger partial charge in [-0.05, 0) is 60.0 Å². The van der Waals surface area contributed by atoms with E-state index < -0.39 is 10.0 Å². The molecule has 0 aliphatic rings. The number of sulfonamides is 1. The lowest BCUT2D eigenvalue weighted by atomic mass is 10.1. The smallest absolute Gasteiger partial charge is 0.261 e. The number of rotatable bonds is 4. The molecule has 0 atom stereocenters. The molecule has 0 fully saturated rings. The first-order chi connectivity index (χ1) is 11.4. The molecule has 0 saturated heterocycles. The van der Waals surface area contributed by atoms with Gasteiger partial charge >= 0.3 is 0 Å². The molecule has 0 spiro atoms. The van der Waals surface area contributed by atoms with E-state index in [0.29, 0.717) is 5.69 Å². The second-order valence-electron chi connectivity index (χ2n) is 5.55. The number of aromatic hydroxyl groups is 1. The molecule has 0 aromatic heterocycles. The van der Waals surface area contributed by atoms with E-state index in [1.54, 1.807) is 54.6 Å². The molecule has 0 unspecified atom stereocenters. The first kappa shape index (κ1) is 16.1. The van der Waals surface area contributed by atoms with Crippen molar-refractivity contribution in [2.45, 2.75) is 11.8 Å². The number of nitrogens with one attached hydrogen (secondary N) is 1. The van der Waals surface area contributed by atoms with Gasteiger partial charge < -0.3 is 5.11 Å². The quantitative estimate of drug-likeness (QED) is 0.750. The van der Waals surface area contributed by atoms with Crippen LogP contribution >= 0.6 is 0 Å². The molecule has 0 bridgehead atoms. The van der Waals surface area contributed by atoms with Gasteiger partial charge in [-0.25, -0.2) is 8.42 Å². The van der Waals surface area contributed by atoms with Crippen molar-refractivity contribution in [3.8, 4) is 16.9 Å². The standard InChI is InChI=1S/C19H17NO3S/c1-14-3-2-4-19(13-14)24(22,23)20-17-9-5-15(6-10-17)16-7-11-18(21)12-8-16/h2-13,20-21H,1H3. The van der Waals surface area contributed by atoms with E-state index in [9.17, 15) is 13.5 Å². The Hall–Kier alpha value is -2.79. The summed E-state index contributed by atoms with van der Waals surface area (Å²) in [6.45, 7) is 1.85. The number of benzene rings is 3. The number of anilines is 1. The number of aryl methyl sites for hydroxylation is 1. The van der Waals surface area contributed by atoms with Crippen LogP contribution in [-0.2, 0) is 10.0 Å². The molecule has 0 aliphatic carbocycles. The van der Waals surface area contributed by atoms with Gasteiger partial charge in [0.05, 0.1) is 4.90 Å². The molecule has 3 rings (SSSR count). The molecule has 0 radical (unpaired) electrons. The van der Waals surface area contributed by atoms with E-state index >= 15 is 0 Å². The van der Waals surface area contributed by atoms with Crippen molar-refractivity contribution in [1.82, 2.24) is 0 Å². The maximum Gasteiger partial charge on any atom is 0.261 e. The van der Waals surface area contributed by atoms with Crippen LogP contribution in [0.5, 0.6) is 5.75 Å². The summed E-state index contributed by atoms with van der Waals surface area (Å²) in [4.78, 5) is 0.241. The van der Waals surface area contributed by atoms with Gasteiger partial charge in [0.15, 0.2) is 0 Å². The van der Waals surface area contributed by atoms with Crippen molar-refractivity contribution < 1.29 is 13.5 Å². The van der Waals surface area contributed by atoms with Crippen LogP contribution in [0.4, 0.5) is 5.69 Å². The summed E-state index contributed by atoms with van der Waals surface area (Å²) >= 11 is 0. The van der Waals surface area contributed by atoms with Crippen molar-refractivity contribution in [2.75, 3.05) is 4.72 Å². The number of hydrogen-bond donors (Lipinski definition) is 2. The molecule has 122 valence electrons. The molecule has 3 aromatic carbocycles. The number of phenols is 1. The van der Waals surface area contributed by atoms with Crippen LogP contribution in [0.2, 0.25) is 0 Å². The Labute approximate surface area is 141 Å². The summed E-state index contributed by atoms with van der Waals surface area (Å²) in [7, 11) is -3.60. The van der Waals surface area contributed by atoms with Crippen molar-refractivity contribution in [3.05, 3.63) is 78.4 Å². The van der Waals surface area contributed by atoms with E-state index in [2.05, 4.69) is 4.72 Å². The molecule has 3 aromatic rings. The zero-order valence-corrected chi connectivity index (χ0v) is 13.9. The largest absolute Gasteiger partial charge is 0.508 e. The van der Waals surface area contributed by atoms with Gasteiger partial charge in [-0.2, -0.15) is 0 Å². The van der Waals surface area contributed by atoms with Crippen molar-refractivity contribution >= 4 is 15.7 Å². The average molecular weight is 339 g/mol. The summed E-state index contributed by atoms with van der Waals surface area (Å²) in [6.07, 6.45) is 0. The third-order valence-corrected chi connectivity index (χ3v) is 5.02. The second-order valence-corrected chi connectivity index (χ2v) is 7.23. The fourth-order valence-electron chi connectivity index (χ4n) is 2.38. The van der Waals surface area contributed by atoms with Gasteiger partial charge in [0.1, 0.15) is 5.75 Å². The Bertz CT molecular complexity index is 947. The summed E-state index contributed by atoms with van der Waals surface area (Å²) in [5, 5.41) is 9.33. The lowest BCUT2D eigenvalue weighted by Gasteiger charge is -2.09. The molecular formula is C19H17NO3S. The SMILES string of the molecule is Cc1cccc(S(=O)(=O)Nc2ccc(-c3ccc(O)cc3)cc2)c1. The Morgan fingerprint density at radius 3 is 2.00 bits per heavy atom. The fourth-order valence-corrected chi connectivity index (χ4v) is 3.54. The van der Waals surface area contributed by atoms with E-state index in [1.165, 1.54) is 0 Å². The van der Waals surface area contributed by atoms with E-state index in [0.717, 1.165) is 16.7 Å². The second kappa shape index (κ2) is 6.37. The van der Waals surface area contributed by atoms with Gasteiger partial charge in [-0.15, -0.1) is 0 Å². The third kappa shape index (κ3) is 3.58. The summed E-state index contributed by atoms with van der Waals surface area (Å²) in [6, 6.07) is 20.7. The van der Waals surface area contributed by atoms with Gasteiger partial charge in [0.2, 0.25) is 0 Å². The Morgan fingerprint density at radius 2 is 1.42 bits per heavy atom. The summed E-state index contributed by atoms with van der Waals surface area (Å²) < 4.78 is 27.4. The van der Waals surface area contributed by atoms with Gasteiger partial charge in [-0.1, -0.05) is 36.4 Å². The van der Waals surface area contributed by atoms with Crippen LogP contribution in [-0.4, -0.2) is 13.5 Å². The molecular weight excluding hydrogens is 322 g/mol. The minimum absolute atomic E-state index is 0.210. The first-order valence-corrected chi connectivity index (χ1v) is 8.91. The minimum Gasteiger partial charge on any atom is -0.508 e. The van der Waals surface area contributed by atoms with Crippen LogP contribution in [0.3, 0.4) is 0 Å². The molecule has 0 amide bonds. The molecule has 0 aliphatic heterocycles. The van der Waals surface area contributed by atoms with Crippen LogP contribution < -0.4 is 4.72 Å². The van der Waals surface area contributed by atoms with Crippen LogP contribution in [0.25, 0.3) is 11.1 Å². The highest BCUT2D eigenvalue weighted by Crippen LogP contribution is 2.24. The topological polar surface area (TPSA) is 66.4 Å². The zero-order chi connectivity index (χ0) is 17.2. The van der Waals surface area contributed by atoms with Crippen molar-refractivity contribution in [3.63, 3.8) is 0 Å². The van der Waals surface area contributed by atoms with E-state index in [-0.39, 0.29) is 10.6 Å². The van der Waals surface area contributed by atoms with Crippen LogP contribution in [0.1, 0.15) is 5.56 Å². The molecule has 24 heavy (non-hydrogen) atoms. The van der Waals surface area contributed by atoms with Gasteiger partial charge in [0, 0.05) is 5.69 Å². The van der Waals surface area contributed by atoms with Crippen molar-refractivity contribution in [2.24, 2.45) is 0 Å². The summed E-state index contributed by atoms with van der Waals surface area (Å²) in [5.74, 6) is 0.210. The predicted molar refractivity (Wildman–Crippen MR) is 95.5 cm³/mol. The monoisotopic (exact) mass is 339 g/mol. The fraction of sp³-hybridized carbons (Fsp3) is 0.0526. The van der Waals surface area contributed by atoms with Crippen molar-refractivity contribution in [1.29, 1.82) is 0 Å². The average Bonchev–Trinajstić information content (AvgIpc) is 2.56. The highest BCUT2D eigenvalue weighted by molar-refractivity contribution is 7.92. The van der Waals surface area contributed by atoms with Gasteiger partial charge in [-0.3, -0.25) is 4.72 Å². The lowest BCUT2D eigenvalue weighted by molar-refractivity contribution is 0.475. The molecule has 0 heterocycles. The third-order valence-electron chi connectivity index (χ3n) is 3.64. The summed E-state index contributed by atoms with van der Waals surface area (Å²) in [5.41, 5.74) is 3.27. The molecule has 5 heteroatoms. The van der Waals surface area contributed by atoms with E-state index in [4.69, 9.17) is 0 Å². The maximum absolute atomic E-state index is 12.4. The first-order valence-electron chi connectivity index (χ1n) is 7.43. The van der Waals surface area contributed by atoms with E-state index in [1.807, 2.05) is 25.1 Å². The van der Waals surface area contributed by atoms with Crippen LogP contribution in [0.15, 0.2) is 77.7 Å². The zero-order valence-electron chi connectivity index (χ0n) is 13.1. The predicted octanol–water partition coefficient (Wildman–Crippen LogP) is 4.17. The maximum atomic E-state index is 12.4. The Kier molecular flexibility index (Phi) is 4.27. The lowest BCUT2D eigenvalue weighted by Crippen LogP contribution is -2.12. The molecule has 0 saturated carbocycles. The molecule has 2 N–H and O–H groups in total. The number of hydrogen-bond acceptors (Lipinski definition) is 3. The number of phenolic OH excluding ortho intramolecular Hbond substituents is 1. The van der Waals surface area contributed by atoms with Gasteiger partial charge in [0.25, 0.3) is 10.0 Å². The highest BCUT2D eigenvalue weighted by atomic mass is 32.2. The highest BCUT2D eigenvalue weighted by Gasteiger charge is 2.14.